The number of fused-ring (bicyclic) bond motifs is 4. The van der Waals surface area contributed by atoms with Crippen LogP contribution in [0.3, 0.4) is 0 Å². The van der Waals surface area contributed by atoms with Gasteiger partial charge in [-0.25, -0.2) is 39.5 Å². The molecule has 2 amide bonds. The van der Waals surface area contributed by atoms with Gasteiger partial charge in [-0.1, -0.05) is 43.5 Å². The van der Waals surface area contributed by atoms with Gasteiger partial charge in [0.2, 0.25) is 22.7 Å². The van der Waals surface area contributed by atoms with Crippen molar-refractivity contribution in [2.24, 2.45) is 5.92 Å². The van der Waals surface area contributed by atoms with Crippen molar-refractivity contribution in [3.05, 3.63) is 128 Å². The predicted molar refractivity (Wildman–Crippen MR) is 291 cm³/mol. The molecular formula is C52H50ClF10N7O13P2S2. The van der Waals surface area contributed by atoms with Crippen molar-refractivity contribution < 1.29 is 104 Å². The number of carbonyl (C=O) groups is 2. The number of phosphoric ester groups is 1. The molecule has 0 aliphatic heterocycles. The van der Waals surface area contributed by atoms with Crippen LogP contribution in [0.4, 0.5) is 43.9 Å². The van der Waals surface area contributed by atoms with Crippen LogP contribution in [0.25, 0.3) is 22.0 Å². The summed E-state index contributed by atoms with van der Waals surface area (Å²) in [5.74, 6) is -7.36. The van der Waals surface area contributed by atoms with Gasteiger partial charge in [0, 0.05) is 57.7 Å². The fourth-order valence-corrected chi connectivity index (χ4v) is 12.6. The molecule has 3 atom stereocenters. The van der Waals surface area contributed by atoms with Crippen LogP contribution in [-0.2, 0) is 89.2 Å². The number of aryl methyl sites for hydroxylation is 1. The van der Waals surface area contributed by atoms with Crippen LogP contribution in [0.15, 0.2) is 54.6 Å². The van der Waals surface area contributed by atoms with E-state index in [0.29, 0.717) is 10.7 Å². The first-order valence-electron chi connectivity index (χ1n) is 25.4. The van der Waals surface area contributed by atoms with E-state index in [1.54, 1.807) is 0 Å². The van der Waals surface area contributed by atoms with Gasteiger partial charge in [0.15, 0.2) is 15.5 Å². The van der Waals surface area contributed by atoms with Gasteiger partial charge >= 0.3 is 27.8 Å². The highest BCUT2D eigenvalue weighted by atomic mass is 35.5. The smallest absolute Gasteiger partial charge is 0.404 e. The number of nitrogens with zero attached hydrogens (tertiary/aromatic N) is 6. The maximum Gasteiger partial charge on any atom is 0.524 e. The molecule has 35 heteroatoms. The molecule has 2 aliphatic rings. The SMILES string of the molecule is Cc1cc(CP(=O)(O)O)c(C(C)(C)CC(=O)N(Cc2nn(CC(F)(F)F)c3c(-c4ccc(C#CC(C)(C)S(C)(=O)=O)nc4[C@H](Cc4cc(F)cc(F)c4)NC(=O)Cn4nc(C(F)(F)F)c5c4C(F)(F)[C@@H]4C[C@H]54)ccc(Cl)c23)[SH](=O)=O)c(OP(=O)(O)O)c1. The molecular weight excluding hydrogens is 1280 g/mol. The Morgan fingerprint density at radius 1 is 0.943 bits per heavy atom. The van der Waals surface area contributed by atoms with E-state index in [1.165, 1.54) is 40.7 Å². The standard InChI is InChI=1S/C52H50ClF10N7O13P2S2/c1-25-13-27(23-84(73,74)75)43(38(14-25)83-85(76,77)78)48(2,3)20-40(72)70(86(79)80)21-37-42-35(53)10-9-32(45(42)69(66-37)24-50(56,57)58)31-8-7-30(11-12-49(4,5)87(6,81)82)64-44(31)36(17-26-15-28(54)18-29(55)16-26)65-39(71)22-68-47-41(46(67-68)52(61,62)63)33-19-34(33)51(47,59)60/h7-10,13-16,18,33-34,36,86H,17,19-24H2,1-6H3,(H,65,71)(H2,73,74,75)(H2,76,77,78)/t33-,34+,36-/m0/s1. The zero-order valence-electron chi connectivity index (χ0n) is 45.9. The van der Waals surface area contributed by atoms with E-state index < -0.39 is 195 Å². The first kappa shape index (κ1) is 66.5. The monoisotopic (exact) mass is 1330 g/mol. The van der Waals surface area contributed by atoms with Gasteiger partial charge in [-0.3, -0.25) is 33.3 Å². The minimum atomic E-state index is -5.46. The zero-order valence-corrected chi connectivity index (χ0v) is 50.2. The second-order valence-corrected chi connectivity index (χ2v) is 28.8. The average Bonchev–Trinajstić information content (AvgIpc) is 1.53. The summed E-state index contributed by atoms with van der Waals surface area (Å²) in [4.78, 5) is 72.7. The largest absolute Gasteiger partial charge is 0.524 e. The lowest BCUT2D eigenvalue weighted by atomic mass is 9.78. The number of sulfone groups is 1. The normalized spacial score (nSPS) is 16.5. The highest BCUT2D eigenvalue weighted by Crippen LogP contribution is 2.68. The summed E-state index contributed by atoms with van der Waals surface area (Å²) in [5, 5.41) is 8.93. The molecule has 1 fully saturated rings. The predicted octanol–water partition coefficient (Wildman–Crippen LogP) is 8.97. The Labute approximate surface area is 494 Å². The summed E-state index contributed by atoms with van der Waals surface area (Å²) in [5.41, 5.74) is -9.13. The number of carbonyl (C=O) groups excluding carboxylic acids is 2. The fraction of sp³-hybridized carbons (Fsp3) is 0.404. The molecule has 3 aromatic carbocycles. The second kappa shape index (κ2) is 23.2. The van der Waals surface area contributed by atoms with Crippen LogP contribution in [0, 0.1) is 36.3 Å². The summed E-state index contributed by atoms with van der Waals surface area (Å²) in [7, 11) is -18.6. The van der Waals surface area contributed by atoms with Crippen molar-refractivity contribution in [3.8, 4) is 28.7 Å². The number of phosphoric acid groups is 1. The Morgan fingerprint density at radius 3 is 2.15 bits per heavy atom. The number of benzene rings is 3. The maximum absolute atomic E-state index is 15.7. The molecule has 8 rings (SSSR count). The van der Waals surface area contributed by atoms with Gasteiger partial charge in [0.1, 0.15) is 46.6 Å². The molecule has 0 bridgehead atoms. The molecule has 20 nitrogen and oxygen atoms in total. The maximum atomic E-state index is 15.7. The van der Waals surface area contributed by atoms with E-state index in [4.69, 9.17) is 16.1 Å². The third kappa shape index (κ3) is 14.7. The fourth-order valence-electron chi connectivity index (χ4n) is 10.5. The highest BCUT2D eigenvalue weighted by Gasteiger charge is 2.68. The number of hydrogen-bond acceptors (Lipinski definition) is 12. The van der Waals surface area contributed by atoms with Gasteiger partial charge in [-0.05, 0) is 98.5 Å². The minimum Gasteiger partial charge on any atom is -0.404 e. The van der Waals surface area contributed by atoms with Crippen LogP contribution < -0.4 is 9.84 Å². The van der Waals surface area contributed by atoms with Gasteiger partial charge in [-0.2, -0.15) is 45.3 Å². The van der Waals surface area contributed by atoms with E-state index in [9.17, 15) is 90.3 Å². The van der Waals surface area contributed by atoms with Crippen molar-refractivity contribution in [2.75, 3.05) is 6.26 Å². The van der Waals surface area contributed by atoms with E-state index in [-0.39, 0.29) is 54.5 Å². The van der Waals surface area contributed by atoms with Crippen molar-refractivity contribution in [1.82, 2.24) is 34.2 Å². The number of amides is 2. The lowest BCUT2D eigenvalue weighted by Gasteiger charge is -2.31. The Kier molecular flexibility index (Phi) is 17.7. The van der Waals surface area contributed by atoms with Crippen molar-refractivity contribution >= 4 is 70.5 Å². The van der Waals surface area contributed by atoms with Crippen LogP contribution in [0.2, 0.25) is 5.02 Å². The van der Waals surface area contributed by atoms with E-state index in [1.807, 2.05) is 0 Å². The third-order valence-electron chi connectivity index (χ3n) is 14.4. The molecule has 3 heterocycles. The summed E-state index contributed by atoms with van der Waals surface area (Å²) < 4.78 is 229. The summed E-state index contributed by atoms with van der Waals surface area (Å²) >= 11 is 6.75. The van der Waals surface area contributed by atoms with Crippen LogP contribution in [0.1, 0.15) is 109 Å². The summed E-state index contributed by atoms with van der Waals surface area (Å²) in [6, 6.07) is 6.86. The van der Waals surface area contributed by atoms with Crippen molar-refractivity contribution in [2.45, 2.75) is 120 Å². The number of thiol groups is 1. The molecule has 0 radical (unpaired) electrons. The molecule has 470 valence electrons. The quantitative estimate of drug-likeness (QED) is 0.0191. The zero-order chi connectivity index (χ0) is 64.9. The lowest BCUT2D eigenvalue weighted by molar-refractivity contribution is -0.143. The number of alkyl halides is 8. The Morgan fingerprint density at radius 2 is 1.57 bits per heavy atom. The summed E-state index contributed by atoms with van der Waals surface area (Å²) in [6.45, 7) is 1.67. The number of pyridine rings is 1. The van der Waals surface area contributed by atoms with Gasteiger partial charge in [0.05, 0.1) is 40.7 Å². The van der Waals surface area contributed by atoms with Crippen LogP contribution >= 0.6 is 27.0 Å². The van der Waals surface area contributed by atoms with E-state index >= 15 is 8.78 Å². The van der Waals surface area contributed by atoms with Crippen LogP contribution in [-0.4, -0.2) is 94.3 Å². The Hall–Kier alpha value is -6.42. The molecule has 87 heavy (non-hydrogen) atoms. The molecule has 2 aliphatic carbocycles. The van der Waals surface area contributed by atoms with E-state index in [0.717, 1.165) is 48.7 Å². The van der Waals surface area contributed by atoms with Crippen LogP contribution in [0.5, 0.6) is 5.75 Å². The highest BCUT2D eigenvalue weighted by molar-refractivity contribution is 7.92. The number of hydrogen-bond donors (Lipinski definition) is 6. The average molecular weight is 1330 g/mol. The lowest BCUT2D eigenvalue weighted by Crippen LogP contribution is -2.35. The first-order chi connectivity index (χ1) is 39.7. The molecule has 5 N–H and O–H groups in total. The number of nitrogens with one attached hydrogen (secondary N) is 1. The van der Waals surface area contributed by atoms with E-state index in [2.05, 4.69) is 32.3 Å². The Bertz CT molecular complexity index is 4120. The number of halogens is 11. The van der Waals surface area contributed by atoms with Gasteiger partial charge < -0.3 is 19.6 Å². The van der Waals surface area contributed by atoms with Crippen molar-refractivity contribution in [1.29, 1.82) is 0 Å². The number of rotatable bonds is 19. The molecule has 1 saturated carbocycles. The first-order valence-corrected chi connectivity index (χ1v) is 32.2. The number of aromatic nitrogens is 5. The summed E-state index contributed by atoms with van der Waals surface area (Å²) in [6.07, 6.45) is -12.7. The molecule has 6 aromatic rings. The minimum absolute atomic E-state index is 0.119. The molecule has 0 spiro atoms. The third-order valence-corrected chi connectivity index (χ3v) is 18.6. The van der Waals surface area contributed by atoms with Crippen molar-refractivity contribution in [3.63, 3.8) is 0 Å². The Balaban J connectivity index is 1.30. The van der Waals surface area contributed by atoms with Gasteiger partial charge in [-0.15, -0.1) is 0 Å². The molecule has 0 unspecified atom stereocenters. The second-order valence-electron chi connectivity index (χ2n) is 22.1. The topological polar surface area (TPSA) is 291 Å². The molecule has 0 saturated heterocycles. The molecule has 3 aromatic heterocycles. The van der Waals surface area contributed by atoms with Gasteiger partial charge in [0.25, 0.3) is 5.92 Å².